The van der Waals surface area contributed by atoms with Crippen LogP contribution in [0, 0.1) is 11.8 Å². The fourth-order valence-electron chi connectivity index (χ4n) is 4.23. The second-order valence-corrected chi connectivity index (χ2v) is 6.90. The highest BCUT2D eigenvalue weighted by Crippen LogP contribution is 2.39. The van der Waals surface area contributed by atoms with Crippen LogP contribution in [-0.2, 0) is 9.59 Å². The molecule has 0 spiro atoms. The van der Waals surface area contributed by atoms with Crippen molar-refractivity contribution in [3.8, 4) is 0 Å². The zero-order valence-corrected chi connectivity index (χ0v) is 12.1. The summed E-state index contributed by atoms with van der Waals surface area (Å²) in [6.07, 6.45) is 9.55. The summed E-state index contributed by atoms with van der Waals surface area (Å²) in [5.74, 6) is -0.217. The molecule has 2 amide bonds. The molecule has 0 aromatic heterocycles. The van der Waals surface area contributed by atoms with Gasteiger partial charge in [-0.25, -0.2) is 0 Å². The van der Waals surface area contributed by atoms with Crippen LogP contribution in [0.25, 0.3) is 0 Å². The van der Waals surface area contributed by atoms with Gasteiger partial charge in [-0.3, -0.25) is 14.5 Å². The van der Waals surface area contributed by atoms with Gasteiger partial charge in [0.2, 0.25) is 11.8 Å². The molecule has 0 radical (unpaired) electrons. The highest BCUT2D eigenvalue weighted by molar-refractivity contribution is 6.05. The normalized spacial score (nSPS) is 34.0. The molecule has 1 heterocycles. The third-order valence-electron chi connectivity index (χ3n) is 5.42. The third-order valence-corrected chi connectivity index (χ3v) is 5.42. The monoisotopic (exact) mass is 279 g/mol. The van der Waals surface area contributed by atoms with Crippen molar-refractivity contribution in [2.75, 3.05) is 6.54 Å². The summed E-state index contributed by atoms with van der Waals surface area (Å²) in [6.45, 7) is 0.234. The van der Waals surface area contributed by atoms with E-state index in [1.807, 2.05) is 0 Å². The van der Waals surface area contributed by atoms with Gasteiger partial charge in [0.1, 0.15) is 0 Å². The van der Waals surface area contributed by atoms with Gasteiger partial charge in [0.15, 0.2) is 0 Å². The van der Waals surface area contributed by atoms with Crippen LogP contribution in [-0.4, -0.2) is 34.0 Å². The molecular formula is C16H25NO3. The Labute approximate surface area is 120 Å². The van der Waals surface area contributed by atoms with Crippen molar-refractivity contribution in [2.24, 2.45) is 11.8 Å². The van der Waals surface area contributed by atoms with Crippen molar-refractivity contribution in [3.63, 3.8) is 0 Å². The van der Waals surface area contributed by atoms with Gasteiger partial charge in [0.25, 0.3) is 0 Å². The average molecular weight is 279 g/mol. The fraction of sp³-hybridized carbons (Fsp3) is 0.875. The Kier molecular flexibility index (Phi) is 3.85. The van der Waals surface area contributed by atoms with E-state index in [9.17, 15) is 14.7 Å². The van der Waals surface area contributed by atoms with Gasteiger partial charge in [-0.15, -0.1) is 0 Å². The van der Waals surface area contributed by atoms with Crippen LogP contribution in [0.15, 0.2) is 0 Å². The second kappa shape index (κ2) is 5.47. The molecule has 3 fully saturated rings. The van der Waals surface area contributed by atoms with Gasteiger partial charge in [-0.05, 0) is 25.7 Å². The molecule has 20 heavy (non-hydrogen) atoms. The van der Waals surface area contributed by atoms with Crippen LogP contribution in [0.3, 0.4) is 0 Å². The summed E-state index contributed by atoms with van der Waals surface area (Å²) in [6, 6.07) is 0. The molecule has 1 aliphatic heterocycles. The highest BCUT2D eigenvalue weighted by Gasteiger charge is 2.50. The van der Waals surface area contributed by atoms with Gasteiger partial charge >= 0.3 is 0 Å². The molecule has 0 aromatic rings. The minimum Gasteiger partial charge on any atom is -0.388 e. The predicted molar refractivity (Wildman–Crippen MR) is 74.8 cm³/mol. The molecule has 4 heteroatoms. The standard InChI is InChI=1S/C16H25NO3/c18-14-12-7-3-4-8-13(12)15(19)17(14)11-16(20)9-5-1-2-6-10-16/h12-13,20H,1-11H2. The van der Waals surface area contributed by atoms with Crippen LogP contribution in [0.5, 0.6) is 0 Å². The quantitative estimate of drug-likeness (QED) is 0.623. The van der Waals surface area contributed by atoms with E-state index in [1.54, 1.807) is 0 Å². The number of likely N-dealkylation sites (tertiary alicyclic amines) is 1. The topological polar surface area (TPSA) is 57.6 Å². The smallest absolute Gasteiger partial charge is 0.233 e. The number of rotatable bonds is 2. The lowest BCUT2D eigenvalue weighted by atomic mass is 9.81. The molecule has 0 aromatic carbocycles. The molecule has 3 rings (SSSR count). The number of β-amino-alcohol motifs (C(OH)–C–C–N with tert-alkyl or cyclic N) is 1. The number of imide groups is 1. The zero-order chi connectivity index (χ0) is 14.2. The highest BCUT2D eigenvalue weighted by atomic mass is 16.3. The number of nitrogens with zero attached hydrogens (tertiary/aromatic N) is 1. The van der Waals surface area contributed by atoms with Crippen molar-refractivity contribution < 1.29 is 14.7 Å². The maximum absolute atomic E-state index is 12.4. The Hall–Kier alpha value is -0.900. The Balaban J connectivity index is 1.73. The molecule has 2 saturated carbocycles. The molecule has 2 unspecified atom stereocenters. The molecular weight excluding hydrogens is 254 g/mol. The molecule has 3 aliphatic rings. The molecule has 1 N–H and O–H groups in total. The predicted octanol–water partition coefficient (Wildman–Crippen LogP) is 2.25. The van der Waals surface area contributed by atoms with E-state index in [2.05, 4.69) is 0 Å². The van der Waals surface area contributed by atoms with Crippen molar-refractivity contribution in [2.45, 2.75) is 69.8 Å². The minimum absolute atomic E-state index is 0.0163. The summed E-state index contributed by atoms with van der Waals surface area (Å²) in [5.41, 5.74) is -0.838. The molecule has 4 nitrogen and oxygen atoms in total. The van der Waals surface area contributed by atoms with E-state index in [1.165, 1.54) is 4.90 Å². The van der Waals surface area contributed by atoms with Gasteiger partial charge in [-0.1, -0.05) is 38.5 Å². The fourth-order valence-corrected chi connectivity index (χ4v) is 4.23. The van der Waals surface area contributed by atoms with E-state index in [0.29, 0.717) is 0 Å². The maximum Gasteiger partial charge on any atom is 0.233 e. The lowest BCUT2D eigenvalue weighted by Crippen LogP contribution is -2.45. The average Bonchev–Trinajstić information content (AvgIpc) is 2.62. The van der Waals surface area contributed by atoms with E-state index in [-0.39, 0.29) is 30.2 Å². The largest absolute Gasteiger partial charge is 0.388 e. The molecule has 112 valence electrons. The van der Waals surface area contributed by atoms with E-state index in [0.717, 1.165) is 64.2 Å². The first-order valence-corrected chi connectivity index (χ1v) is 8.18. The van der Waals surface area contributed by atoms with Crippen molar-refractivity contribution in [3.05, 3.63) is 0 Å². The Bertz CT molecular complexity index is 375. The summed E-state index contributed by atoms with van der Waals surface area (Å²) in [7, 11) is 0. The lowest BCUT2D eigenvalue weighted by Gasteiger charge is -2.30. The number of hydrogen-bond donors (Lipinski definition) is 1. The van der Waals surface area contributed by atoms with Crippen LogP contribution in [0.4, 0.5) is 0 Å². The molecule has 2 aliphatic carbocycles. The Morgan fingerprint density at radius 2 is 1.40 bits per heavy atom. The minimum atomic E-state index is -0.838. The van der Waals surface area contributed by atoms with Crippen LogP contribution >= 0.6 is 0 Å². The number of hydrogen-bond acceptors (Lipinski definition) is 3. The number of carbonyl (C=O) groups excluding carboxylic acids is 2. The van der Waals surface area contributed by atoms with Crippen molar-refractivity contribution in [1.82, 2.24) is 4.90 Å². The summed E-state index contributed by atoms with van der Waals surface area (Å²) in [5, 5.41) is 10.7. The zero-order valence-electron chi connectivity index (χ0n) is 12.1. The first kappa shape index (κ1) is 14.1. The van der Waals surface area contributed by atoms with Gasteiger partial charge in [0, 0.05) is 0 Å². The number of aliphatic hydroxyl groups is 1. The first-order chi connectivity index (χ1) is 9.61. The number of fused-ring (bicyclic) bond motifs is 1. The van der Waals surface area contributed by atoms with Crippen LogP contribution in [0.2, 0.25) is 0 Å². The third kappa shape index (κ3) is 2.50. The second-order valence-electron chi connectivity index (χ2n) is 6.90. The molecule has 1 saturated heterocycles. The summed E-state index contributed by atoms with van der Waals surface area (Å²) in [4.78, 5) is 26.3. The summed E-state index contributed by atoms with van der Waals surface area (Å²) >= 11 is 0. The van der Waals surface area contributed by atoms with E-state index < -0.39 is 5.60 Å². The van der Waals surface area contributed by atoms with Crippen molar-refractivity contribution >= 4 is 11.8 Å². The van der Waals surface area contributed by atoms with E-state index >= 15 is 0 Å². The van der Waals surface area contributed by atoms with Crippen LogP contribution in [0.1, 0.15) is 64.2 Å². The van der Waals surface area contributed by atoms with Crippen LogP contribution < -0.4 is 0 Å². The SMILES string of the molecule is O=C1C2CCCCC2C(=O)N1CC1(O)CCCCCC1. The Morgan fingerprint density at radius 3 is 1.90 bits per heavy atom. The van der Waals surface area contributed by atoms with E-state index in [4.69, 9.17) is 0 Å². The van der Waals surface area contributed by atoms with Crippen molar-refractivity contribution in [1.29, 1.82) is 0 Å². The Morgan fingerprint density at radius 1 is 0.900 bits per heavy atom. The van der Waals surface area contributed by atoms with Gasteiger partial charge in [0.05, 0.1) is 24.0 Å². The van der Waals surface area contributed by atoms with Gasteiger partial charge < -0.3 is 5.11 Å². The lowest BCUT2D eigenvalue weighted by molar-refractivity contribution is -0.144. The maximum atomic E-state index is 12.4. The molecule has 2 atom stereocenters. The van der Waals surface area contributed by atoms with Gasteiger partial charge in [-0.2, -0.15) is 0 Å². The summed E-state index contributed by atoms with van der Waals surface area (Å²) < 4.78 is 0. The number of amides is 2. The molecule has 0 bridgehead atoms. The first-order valence-electron chi connectivity index (χ1n) is 8.18. The number of carbonyl (C=O) groups is 2.